The highest BCUT2D eigenvalue weighted by atomic mass is 19.1. The lowest BCUT2D eigenvalue weighted by molar-refractivity contribution is 0.584. The fourth-order valence-corrected chi connectivity index (χ4v) is 3.28. The number of aromatic nitrogens is 4. The summed E-state index contributed by atoms with van der Waals surface area (Å²) in [5.74, 6) is -0.486. The first-order valence-electron chi connectivity index (χ1n) is 8.89. The van der Waals surface area contributed by atoms with Gasteiger partial charge >= 0.3 is 0 Å². The van der Waals surface area contributed by atoms with Crippen molar-refractivity contribution >= 4 is 5.65 Å². The minimum atomic E-state index is -0.486. The molecule has 5 rings (SSSR count). The smallest absolute Gasteiger partial charge is 0.212 e. The molecule has 0 aliphatic carbocycles. The van der Waals surface area contributed by atoms with Crippen LogP contribution in [0.1, 0.15) is 0 Å². The molecule has 4 aromatic heterocycles. The van der Waals surface area contributed by atoms with Crippen LogP contribution in [0.4, 0.5) is 4.39 Å². The van der Waals surface area contributed by atoms with Gasteiger partial charge in [-0.05, 0) is 42.0 Å². The van der Waals surface area contributed by atoms with E-state index in [1.165, 1.54) is 12.3 Å². The first-order valence-corrected chi connectivity index (χ1v) is 8.89. The number of imidazole rings is 1. The molecule has 0 saturated heterocycles. The van der Waals surface area contributed by atoms with E-state index in [9.17, 15) is 4.39 Å². The van der Waals surface area contributed by atoms with E-state index in [-0.39, 0.29) is 0 Å². The van der Waals surface area contributed by atoms with Crippen molar-refractivity contribution < 1.29 is 4.39 Å². The van der Waals surface area contributed by atoms with Gasteiger partial charge in [-0.2, -0.15) is 4.39 Å². The average molecular weight is 366 g/mol. The van der Waals surface area contributed by atoms with E-state index in [4.69, 9.17) is 0 Å². The molecular weight excluding hydrogens is 351 g/mol. The Morgan fingerprint density at radius 1 is 0.679 bits per heavy atom. The van der Waals surface area contributed by atoms with Crippen molar-refractivity contribution in [3.63, 3.8) is 0 Å². The molecule has 0 atom stereocenters. The second kappa shape index (κ2) is 6.70. The molecule has 0 radical (unpaired) electrons. The second-order valence-electron chi connectivity index (χ2n) is 6.45. The normalized spacial score (nSPS) is 11.0. The molecule has 0 aliphatic rings. The quantitative estimate of drug-likeness (QED) is 0.409. The van der Waals surface area contributed by atoms with Gasteiger partial charge < -0.3 is 0 Å². The molecule has 0 amide bonds. The summed E-state index contributed by atoms with van der Waals surface area (Å²) in [5.41, 5.74) is 6.62. The zero-order valence-corrected chi connectivity index (χ0v) is 14.8. The molecule has 4 heterocycles. The van der Waals surface area contributed by atoms with E-state index >= 15 is 0 Å². The minimum absolute atomic E-state index is 0.486. The third-order valence-electron chi connectivity index (χ3n) is 4.70. The molecule has 1 aromatic carbocycles. The molecule has 0 unspecified atom stereocenters. The van der Waals surface area contributed by atoms with Gasteiger partial charge in [-0.15, -0.1) is 0 Å². The lowest BCUT2D eigenvalue weighted by Crippen LogP contribution is -1.91. The number of rotatable bonds is 3. The number of hydrogen-bond donors (Lipinski definition) is 0. The van der Waals surface area contributed by atoms with Gasteiger partial charge in [0.15, 0.2) is 0 Å². The SMILES string of the molecule is Fc1ccc(-c2ccn3c(-c4ccnc(-c5ccccc5)c4)cnc3c2)cn1. The van der Waals surface area contributed by atoms with Crippen molar-refractivity contribution in [2.45, 2.75) is 0 Å². The molecule has 5 heteroatoms. The fourth-order valence-electron chi connectivity index (χ4n) is 3.28. The Labute approximate surface area is 161 Å². The molecule has 0 bridgehead atoms. The van der Waals surface area contributed by atoms with Gasteiger partial charge in [-0.25, -0.2) is 9.97 Å². The van der Waals surface area contributed by atoms with E-state index in [1.54, 1.807) is 6.07 Å². The van der Waals surface area contributed by atoms with Crippen LogP contribution in [0.2, 0.25) is 0 Å². The number of benzene rings is 1. The van der Waals surface area contributed by atoms with Crippen LogP contribution in [0.25, 0.3) is 39.3 Å². The maximum absolute atomic E-state index is 13.1. The van der Waals surface area contributed by atoms with E-state index in [2.05, 4.69) is 21.0 Å². The number of fused-ring (bicyclic) bond motifs is 1. The molecule has 5 aromatic rings. The molecule has 0 N–H and O–H groups in total. The summed E-state index contributed by atoms with van der Waals surface area (Å²) < 4.78 is 15.1. The number of hydrogen-bond acceptors (Lipinski definition) is 3. The molecule has 0 aliphatic heterocycles. The first kappa shape index (κ1) is 16.3. The molecule has 28 heavy (non-hydrogen) atoms. The highest BCUT2D eigenvalue weighted by Crippen LogP contribution is 2.27. The summed E-state index contributed by atoms with van der Waals surface area (Å²) in [6.45, 7) is 0. The van der Waals surface area contributed by atoms with Crippen LogP contribution in [0.5, 0.6) is 0 Å². The summed E-state index contributed by atoms with van der Waals surface area (Å²) in [6.07, 6.45) is 7.17. The summed E-state index contributed by atoms with van der Waals surface area (Å²) in [5, 5.41) is 0. The van der Waals surface area contributed by atoms with Crippen LogP contribution in [-0.4, -0.2) is 19.4 Å². The Balaban J connectivity index is 1.56. The van der Waals surface area contributed by atoms with Crippen molar-refractivity contribution in [1.82, 2.24) is 19.4 Å². The second-order valence-corrected chi connectivity index (χ2v) is 6.45. The third-order valence-corrected chi connectivity index (χ3v) is 4.70. The van der Waals surface area contributed by atoms with Gasteiger partial charge in [0.2, 0.25) is 5.95 Å². The van der Waals surface area contributed by atoms with Crippen molar-refractivity contribution in [3.05, 3.63) is 97.5 Å². The average Bonchev–Trinajstić information content (AvgIpc) is 3.18. The molecule has 134 valence electrons. The maximum Gasteiger partial charge on any atom is 0.212 e. The van der Waals surface area contributed by atoms with Crippen LogP contribution >= 0.6 is 0 Å². The molecule has 0 fully saturated rings. The standard InChI is InChI=1S/C23H15FN4/c24-22-7-6-19(14-26-22)17-9-11-28-21(15-27-23(28)13-17)18-8-10-25-20(12-18)16-4-2-1-3-5-16/h1-15H. The number of nitrogens with zero attached hydrogens (tertiary/aromatic N) is 4. The summed E-state index contributed by atoms with van der Waals surface area (Å²) >= 11 is 0. The molecule has 0 saturated carbocycles. The van der Waals surface area contributed by atoms with Gasteiger partial charge in [0.25, 0.3) is 0 Å². The predicted octanol–water partition coefficient (Wildman–Crippen LogP) is 5.26. The van der Waals surface area contributed by atoms with Gasteiger partial charge in [-0.1, -0.05) is 30.3 Å². The topological polar surface area (TPSA) is 43.1 Å². The lowest BCUT2D eigenvalue weighted by atomic mass is 10.1. The van der Waals surface area contributed by atoms with Gasteiger partial charge in [0.05, 0.1) is 17.6 Å². The predicted molar refractivity (Wildman–Crippen MR) is 107 cm³/mol. The van der Waals surface area contributed by atoms with Crippen LogP contribution in [-0.2, 0) is 0 Å². The molecular formula is C23H15FN4. The Hall–Kier alpha value is -3.86. The van der Waals surface area contributed by atoms with Crippen LogP contribution in [0, 0.1) is 5.95 Å². The Morgan fingerprint density at radius 3 is 2.39 bits per heavy atom. The molecule has 0 spiro atoms. The first-order chi connectivity index (χ1) is 13.8. The van der Waals surface area contributed by atoms with E-state index in [0.29, 0.717) is 0 Å². The van der Waals surface area contributed by atoms with Crippen LogP contribution < -0.4 is 0 Å². The van der Waals surface area contributed by atoms with Gasteiger partial charge in [0, 0.05) is 35.3 Å². The summed E-state index contributed by atoms with van der Waals surface area (Å²) in [6, 6.07) is 21.2. The van der Waals surface area contributed by atoms with E-state index < -0.39 is 5.95 Å². The number of halogens is 1. The maximum atomic E-state index is 13.1. The van der Waals surface area contributed by atoms with Crippen molar-refractivity contribution in [2.75, 3.05) is 0 Å². The number of pyridine rings is 3. The van der Waals surface area contributed by atoms with Crippen molar-refractivity contribution in [1.29, 1.82) is 0 Å². The minimum Gasteiger partial charge on any atom is -0.300 e. The lowest BCUT2D eigenvalue weighted by Gasteiger charge is -2.06. The Kier molecular flexibility index (Phi) is 3.91. The summed E-state index contributed by atoms with van der Waals surface area (Å²) in [7, 11) is 0. The highest BCUT2D eigenvalue weighted by Gasteiger charge is 2.09. The van der Waals surface area contributed by atoms with Crippen LogP contribution in [0.15, 0.2) is 91.5 Å². The van der Waals surface area contributed by atoms with Crippen LogP contribution in [0.3, 0.4) is 0 Å². The largest absolute Gasteiger partial charge is 0.300 e. The zero-order chi connectivity index (χ0) is 18.9. The van der Waals surface area contributed by atoms with Crippen molar-refractivity contribution in [2.24, 2.45) is 0 Å². The highest BCUT2D eigenvalue weighted by molar-refractivity contribution is 5.72. The zero-order valence-electron chi connectivity index (χ0n) is 14.8. The van der Waals surface area contributed by atoms with Crippen molar-refractivity contribution in [3.8, 4) is 33.6 Å². The Bertz CT molecular complexity index is 1260. The third kappa shape index (κ3) is 2.93. The van der Waals surface area contributed by atoms with E-state index in [0.717, 1.165) is 39.3 Å². The van der Waals surface area contributed by atoms with E-state index in [1.807, 2.05) is 71.5 Å². The summed E-state index contributed by atoms with van der Waals surface area (Å²) in [4.78, 5) is 12.8. The van der Waals surface area contributed by atoms with Gasteiger partial charge in [0.1, 0.15) is 5.65 Å². The Morgan fingerprint density at radius 2 is 1.57 bits per heavy atom. The molecule has 4 nitrogen and oxygen atoms in total. The van der Waals surface area contributed by atoms with Gasteiger partial charge in [-0.3, -0.25) is 9.38 Å². The monoisotopic (exact) mass is 366 g/mol. The fraction of sp³-hybridized carbons (Fsp3) is 0.